The first kappa shape index (κ1) is 32.5. The number of carbonyl (C=O) groups is 4. The Morgan fingerprint density at radius 1 is 0.850 bits per heavy atom. The van der Waals surface area contributed by atoms with Crippen LogP contribution in [0.1, 0.15) is 61.1 Å². The molecule has 3 atom stereocenters. The Morgan fingerprint density at radius 3 is 1.93 bits per heavy atom. The lowest BCUT2D eigenvalue weighted by Crippen LogP contribution is -2.40. The minimum absolute atomic E-state index is 0.169. The summed E-state index contributed by atoms with van der Waals surface area (Å²) in [7, 11) is 1.38. The zero-order chi connectivity index (χ0) is 30.4. The van der Waals surface area contributed by atoms with Gasteiger partial charge >= 0.3 is 12.4 Å². The number of ketones is 3. The van der Waals surface area contributed by atoms with Gasteiger partial charge in [-0.1, -0.05) is 51.1 Å². The van der Waals surface area contributed by atoms with E-state index in [0.717, 1.165) is 18.2 Å². The highest BCUT2D eigenvalue weighted by Crippen LogP contribution is 2.33. The monoisotopic (exact) mass is 573 g/mol. The third kappa shape index (κ3) is 8.40. The largest absolute Gasteiger partial charge is 0.497 e. The predicted octanol–water partition coefficient (Wildman–Crippen LogP) is 6.14. The Morgan fingerprint density at radius 2 is 1.43 bits per heavy atom. The van der Waals surface area contributed by atoms with Gasteiger partial charge in [0.05, 0.1) is 12.7 Å². The maximum atomic E-state index is 13.3. The fourth-order valence-corrected chi connectivity index (χ4v) is 4.06. The molecule has 0 aromatic heterocycles. The molecule has 0 bridgehead atoms. The van der Waals surface area contributed by atoms with Gasteiger partial charge in [0.15, 0.2) is 11.6 Å². The van der Waals surface area contributed by atoms with Crippen LogP contribution in [0.5, 0.6) is 5.75 Å². The van der Waals surface area contributed by atoms with Crippen LogP contribution in [0, 0.1) is 17.8 Å². The van der Waals surface area contributed by atoms with Crippen molar-refractivity contribution in [3.05, 3.63) is 65.2 Å². The Bertz CT molecular complexity index is 1220. The number of halogens is 6. The van der Waals surface area contributed by atoms with Crippen LogP contribution in [0.4, 0.5) is 26.3 Å². The van der Waals surface area contributed by atoms with Crippen LogP contribution in [0.15, 0.2) is 48.5 Å². The summed E-state index contributed by atoms with van der Waals surface area (Å²) in [6.45, 7) is 3.98. The molecule has 0 saturated carbocycles. The number of alkyl halides is 6. The van der Waals surface area contributed by atoms with Crippen molar-refractivity contribution in [2.45, 2.75) is 52.0 Å². The average molecular weight is 574 g/mol. The topological polar surface area (TPSA) is 89.5 Å². The third-order valence-corrected chi connectivity index (χ3v) is 6.37. The number of rotatable bonds is 12. The smallest absolute Gasteiger partial charge is 0.450 e. The quantitative estimate of drug-likeness (QED) is 0.243. The molecule has 0 aliphatic heterocycles. The summed E-state index contributed by atoms with van der Waals surface area (Å²) >= 11 is 0. The summed E-state index contributed by atoms with van der Waals surface area (Å²) in [6, 6.07) is 8.29. The van der Waals surface area contributed by atoms with Crippen LogP contribution in [0.25, 0.3) is 0 Å². The molecule has 40 heavy (non-hydrogen) atoms. The average Bonchev–Trinajstić information content (AvgIpc) is 2.88. The van der Waals surface area contributed by atoms with Crippen molar-refractivity contribution in [1.82, 2.24) is 5.32 Å². The van der Waals surface area contributed by atoms with E-state index in [1.807, 2.05) is 0 Å². The molecule has 0 aliphatic rings. The van der Waals surface area contributed by atoms with E-state index < -0.39 is 83.4 Å². The summed E-state index contributed by atoms with van der Waals surface area (Å²) in [6.07, 6.45) is -11.4. The number of nitrogens with one attached hydrogen (secondary N) is 1. The van der Waals surface area contributed by atoms with Crippen molar-refractivity contribution in [2.24, 2.45) is 17.8 Å². The van der Waals surface area contributed by atoms with Crippen LogP contribution in [-0.2, 0) is 20.6 Å². The van der Waals surface area contributed by atoms with Gasteiger partial charge in [0.2, 0.25) is 11.7 Å². The number of benzene rings is 2. The third-order valence-electron chi connectivity index (χ3n) is 6.37. The zero-order valence-corrected chi connectivity index (χ0v) is 22.2. The van der Waals surface area contributed by atoms with Crippen LogP contribution < -0.4 is 10.1 Å². The molecule has 0 spiro atoms. The van der Waals surface area contributed by atoms with Gasteiger partial charge in [-0.2, -0.15) is 26.3 Å². The Hall–Kier alpha value is -3.70. The predicted molar refractivity (Wildman–Crippen MR) is 132 cm³/mol. The van der Waals surface area contributed by atoms with Gasteiger partial charge in [0.25, 0.3) is 0 Å². The fraction of sp³-hybridized carbons (Fsp3) is 0.429. The maximum Gasteiger partial charge on any atom is 0.450 e. The summed E-state index contributed by atoms with van der Waals surface area (Å²) < 4.78 is 84.5. The van der Waals surface area contributed by atoms with E-state index in [-0.39, 0.29) is 5.56 Å². The molecule has 0 radical (unpaired) electrons. The normalized spacial score (nSPS) is 14.3. The van der Waals surface area contributed by atoms with E-state index in [1.54, 1.807) is 0 Å². The number of methoxy groups -OCH3 is 1. The van der Waals surface area contributed by atoms with Gasteiger partial charge in [-0.05, 0) is 29.7 Å². The maximum absolute atomic E-state index is 13.3. The molecule has 0 fully saturated rings. The number of hydrogen-bond donors (Lipinski definition) is 1. The van der Waals surface area contributed by atoms with Gasteiger partial charge in [-0.15, -0.1) is 0 Å². The second-order valence-electron chi connectivity index (χ2n) is 9.67. The summed E-state index contributed by atoms with van der Waals surface area (Å²) in [5.74, 6) is -8.20. The molecule has 12 heteroatoms. The van der Waals surface area contributed by atoms with Crippen molar-refractivity contribution < 1.29 is 50.3 Å². The Balaban J connectivity index is 2.32. The van der Waals surface area contributed by atoms with Crippen molar-refractivity contribution >= 4 is 23.3 Å². The highest BCUT2D eigenvalue weighted by atomic mass is 19.4. The molecule has 6 nitrogen and oxygen atoms in total. The zero-order valence-electron chi connectivity index (χ0n) is 22.2. The standard InChI is InChI=1S/C28H29F6NO5/c1-15(2)20(25(38)28(32,33)34)14-23(37)24(17-9-11-18(40-4)12-10-17)35-26(39)16(3)13-22(36)19-7-5-6-8-21(19)27(29,30)31/h5-12,15-16,20,24H,13-14H2,1-4H3,(H,35,39)/t16-,20+,24+/m1/s1. The molecule has 0 aliphatic carbocycles. The van der Waals surface area contributed by atoms with Gasteiger partial charge in [-0.25, -0.2) is 0 Å². The van der Waals surface area contributed by atoms with Crippen molar-refractivity contribution in [3.8, 4) is 5.75 Å². The van der Waals surface area contributed by atoms with E-state index in [2.05, 4.69) is 5.32 Å². The molecule has 2 aromatic carbocycles. The lowest BCUT2D eigenvalue weighted by Gasteiger charge is -2.25. The van der Waals surface area contributed by atoms with E-state index in [4.69, 9.17) is 4.74 Å². The first-order chi connectivity index (χ1) is 18.5. The number of ether oxygens (including phenoxy) is 1. The molecular formula is C28H29F6NO5. The van der Waals surface area contributed by atoms with Crippen molar-refractivity contribution in [2.75, 3.05) is 7.11 Å². The molecule has 2 rings (SSSR count). The van der Waals surface area contributed by atoms with E-state index >= 15 is 0 Å². The SMILES string of the molecule is COc1ccc([C@H](NC(=O)[C@H](C)CC(=O)c2ccccc2C(F)(F)F)C(=O)C[C@H](C(=O)C(F)(F)F)C(C)C)cc1. The first-order valence-corrected chi connectivity index (χ1v) is 12.2. The number of amides is 1. The Labute approximate surface area is 227 Å². The molecule has 1 amide bonds. The van der Waals surface area contributed by atoms with Crippen LogP contribution in [0.3, 0.4) is 0 Å². The molecule has 0 heterocycles. The van der Waals surface area contributed by atoms with Gasteiger partial charge in [-0.3, -0.25) is 19.2 Å². The molecule has 0 saturated heterocycles. The highest BCUT2D eigenvalue weighted by Gasteiger charge is 2.45. The van der Waals surface area contributed by atoms with Crippen molar-refractivity contribution in [3.63, 3.8) is 0 Å². The van der Waals surface area contributed by atoms with Gasteiger partial charge in [0.1, 0.15) is 11.8 Å². The minimum atomic E-state index is -5.17. The van der Waals surface area contributed by atoms with Gasteiger partial charge < -0.3 is 10.1 Å². The first-order valence-electron chi connectivity index (χ1n) is 12.2. The molecule has 0 unspecified atom stereocenters. The van der Waals surface area contributed by atoms with Crippen molar-refractivity contribution in [1.29, 1.82) is 0 Å². The number of Topliss-reactive ketones (excluding diaryl/α,β-unsaturated/α-hetero) is 3. The van der Waals surface area contributed by atoms with Crippen LogP contribution >= 0.6 is 0 Å². The molecule has 1 N–H and O–H groups in total. The summed E-state index contributed by atoms with van der Waals surface area (Å²) in [5, 5.41) is 2.40. The minimum Gasteiger partial charge on any atom is -0.497 e. The molecule has 2 aromatic rings. The number of hydrogen-bond acceptors (Lipinski definition) is 5. The number of carbonyl (C=O) groups excluding carboxylic acids is 4. The summed E-state index contributed by atoms with van der Waals surface area (Å²) in [5.41, 5.74) is -1.61. The lowest BCUT2D eigenvalue weighted by molar-refractivity contribution is -0.177. The van der Waals surface area contributed by atoms with Crippen LogP contribution in [-0.4, -0.2) is 36.5 Å². The second kappa shape index (κ2) is 13.1. The van der Waals surface area contributed by atoms with E-state index in [0.29, 0.717) is 5.75 Å². The second-order valence-corrected chi connectivity index (χ2v) is 9.67. The fourth-order valence-electron chi connectivity index (χ4n) is 4.06. The Kier molecular flexibility index (Phi) is 10.6. The highest BCUT2D eigenvalue weighted by molar-refractivity contribution is 6.00. The molecular weight excluding hydrogens is 544 g/mol. The van der Waals surface area contributed by atoms with E-state index in [9.17, 15) is 45.5 Å². The van der Waals surface area contributed by atoms with E-state index in [1.165, 1.54) is 58.2 Å². The lowest BCUT2D eigenvalue weighted by atomic mass is 9.84. The molecule has 218 valence electrons. The summed E-state index contributed by atoms with van der Waals surface area (Å²) in [4.78, 5) is 50.9. The van der Waals surface area contributed by atoms with Crippen LogP contribution in [0.2, 0.25) is 0 Å². The van der Waals surface area contributed by atoms with Gasteiger partial charge in [0, 0.05) is 30.2 Å².